The van der Waals surface area contributed by atoms with Gasteiger partial charge in [-0.1, -0.05) is 103 Å². The molecule has 44 heavy (non-hydrogen) atoms. The Hall–Kier alpha value is -2.82. The lowest BCUT2D eigenvalue weighted by molar-refractivity contribution is 0.0734. The lowest BCUT2D eigenvalue weighted by atomic mass is 9.78. The third-order valence-electron chi connectivity index (χ3n) is 8.97. The second-order valence-corrected chi connectivity index (χ2v) is 12.6. The van der Waals surface area contributed by atoms with E-state index in [-0.39, 0.29) is 11.3 Å². The molecule has 0 aromatic heterocycles. The molecule has 3 rings (SSSR count). The van der Waals surface area contributed by atoms with Crippen molar-refractivity contribution >= 4 is 5.97 Å². The van der Waals surface area contributed by atoms with Crippen LogP contribution in [0.2, 0.25) is 0 Å². The lowest BCUT2D eigenvalue weighted by Crippen LogP contribution is -2.15. The summed E-state index contributed by atoms with van der Waals surface area (Å²) < 4.78 is 31.6. The van der Waals surface area contributed by atoms with E-state index in [0.717, 1.165) is 43.3 Å². The van der Waals surface area contributed by atoms with Gasteiger partial charge in [0.1, 0.15) is 11.5 Å². The van der Waals surface area contributed by atoms with Crippen LogP contribution in [0.5, 0.6) is 17.2 Å². The Morgan fingerprint density at radius 2 is 1.34 bits per heavy atom. The van der Waals surface area contributed by atoms with E-state index in [0.29, 0.717) is 19.0 Å². The molecule has 2 aromatic carbocycles. The first kappa shape index (κ1) is 35.7. The summed E-state index contributed by atoms with van der Waals surface area (Å²) in [5, 5.41) is 0. The highest BCUT2D eigenvalue weighted by molar-refractivity contribution is 5.91. The Bertz CT molecular complexity index is 1060. The van der Waals surface area contributed by atoms with Crippen LogP contribution >= 0.6 is 0 Å². The van der Waals surface area contributed by atoms with E-state index in [9.17, 15) is 9.18 Å². The van der Waals surface area contributed by atoms with Crippen LogP contribution in [0.15, 0.2) is 55.1 Å². The van der Waals surface area contributed by atoms with Crippen molar-refractivity contribution in [2.45, 2.75) is 129 Å². The van der Waals surface area contributed by atoms with E-state index in [1.54, 1.807) is 18.2 Å². The van der Waals surface area contributed by atoms with Crippen LogP contribution in [0.3, 0.4) is 0 Å². The lowest BCUT2D eigenvalue weighted by Gasteiger charge is -2.28. The first-order valence-corrected chi connectivity index (χ1v) is 17.6. The van der Waals surface area contributed by atoms with Crippen LogP contribution in [0, 0.1) is 17.7 Å². The summed E-state index contributed by atoms with van der Waals surface area (Å²) in [5.41, 5.74) is 0.151. The van der Waals surface area contributed by atoms with E-state index < -0.39 is 11.8 Å². The summed E-state index contributed by atoms with van der Waals surface area (Å²) in [5.74, 6) is 1.97. The molecule has 1 aliphatic carbocycles. The maximum absolute atomic E-state index is 14.6. The number of unbranched alkanes of at least 4 members (excludes halogenated alkanes) is 10. The molecule has 0 N–H and O–H groups in total. The minimum Gasteiger partial charge on any atom is -0.494 e. The van der Waals surface area contributed by atoms with Gasteiger partial charge in [-0.25, -0.2) is 9.18 Å². The minimum absolute atomic E-state index is 0.151. The van der Waals surface area contributed by atoms with Gasteiger partial charge in [0, 0.05) is 0 Å². The Labute approximate surface area is 266 Å². The number of hydrogen-bond donors (Lipinski definition) is 0. The molecular formula is C39H57FO4. The molecule has 2 aromatic rings. The average molecular weight is 609 g/mol. The standard InChI is InChI=1S/C39H57FO4/c1-3-5-7-8-9-10-11-12-13-15-29-43-38-28-23-34(31-37(38)40)39(41)44-36-26-24-35(25-27-36)42-30-16-18-33-21-19-32(20-22-33)17-14-6-4-2/h3,23-28,31-33H,1,4-22,29-30H2,2H3/t32-,33-. The van der Waals surface area contributed by atoms with E-state index in [4.69, 9.17) is 14.2 Å². The van der Waals surface area contributed by atoms with E-state index in [2.05, 4.69) is 13.5 Å². The summed E-state index contributed by atoms with van der Waals surface area (Å²) in [6.45, 7) is 7.20. The van der Waals surface area contributed by atoms with Gasteiger partial charge in [0.25, 0.3) is 0 Å². The van der Waals surface area contributed by atoms with Gasteiger partial charge in [-0.15, -0.1) is 6.58 Å². The molecule has 5 heteroatoms. The van der Waals surface area contributed by atoms with E-state index in [1.165, 1.54) is 108 Å². The Morgan fingerprint density at radius 1 is 0.750 bits per heavy atom. The van der Waals surface area contributed by atoms with E-state index in [1.807, 2.05) is 18.2 Å². The van der Waals surface area contributed by atoms with Crippen LogP contribution in [0.1, 0.15) is 139 Å². The minimum atomic E-state index is -0.603. The van der Waals surface area contributed by atoms with Crippen molar-refractivity contribution in [2.75, 3.05) is 13.2 Å². The fourth-order valence-electron chi connectivity index (χ4n) is 6.20. The number of allylic oxidation sites excluding steroid dienone is 1. The molecule has 0 amide bonds. The molecule has 4 nitrogen and oxygen atoms in total. The fraction of sp³-hybridized carbons (Fsp3) is 0.615. The van der Waals surface area contributed by atoms with Crippen molar-refractivity contribution in [1.29, 1.82) is 0 Å². The molecule has 1 aliphatic rings. The maximum atomic E-state index is 14.6. The van der Waals surface area contributed by atoms with Crippen LogP contribution < -0.4 is 14.2 Å². The second kappa shape index (κ2) is 21.8. The molecule has 0 spiro atoms. The molecule has 0 heterocycles. The third-order valence-corrected chi connectivity index (χ3v) is 8.97. The zero-order valence-electron chi connectivity index (χ0n) is 27.3. The summed E-state index contributed by atoms with van der Waals surface area (Å²) in [6.07, 6.45) is 25.9. The molecule has 0 aliphatic heterocycles. The predicted octanol–water partition coefficient (Wildman–Crippen LogP) is 11.7. The monoisotopic (exact) mass is 608 g/mol. The van der Waals surface area contributed by atoms with Crippen molar-refractivity contribution in [3.63, 3.8) is 0 Å². The van der Waals surface area contributed by atoms with Crippen LogP contribution in [0.4, 0.5) is 4.39 Å². The summed E-state index contributed by atoms with van der Waals surface area (Å²) in [6, 6.07) is 11.3. The highest BCUT2D eigenvalue weighted by atomic mass is 19.1. The van der Waals surface area contributed by atoms with Crippen LogP contribution in [-0.4, -0.2) is 19.2 Å². The van der Waals surface area contributed by atoms with Gasteiger partial charge in [0.15, 0.2) is 11.6 Å². The number of rotatable bonds is 23. The topological polar surface area (TPSA) is 44.8 Å². The summed E-state index contributed by atoms with van der Waals surface area (Å²) in [4.78, 5) is 12.6. The van der Waals surface area contributed by atoms with Crippen LogP contribution in [0.25, 0.3) is 0 Å². The van der Waals surface area contributed by atoms with Gasteiger partial charge < -0.3 is 14.2 Å². The van der Waals surface area contributed by atoms with Gasteiger partial charge in [-0.05, 0) is 86.4 Å². The SMILES string of the molecule is C=CCCCCCCCCCCOc1ccc(C(=O)Oc2ccc(OCCC[C@H]3CC[C@H](CCCCC)CC3)cc2)cc1F. The number of carbonyl (C=O) groups is 1. The quantitative estimate of drug-likeness (QED) is 0.0545. The first-order valence-electron chi connectivity index (χ1n) is 17.6. The zero-order valence-corrected chi connectivity index (χ0v) is 27.3. The van der Waals surface area contributed by atoms with Gasteiger partial charge in [-0.2, -0.15) is 0 Å². The molecule has 0 atom stereocenters. The Kier molecular flexibility index (Phi) is 17.7. The second-order valence-electron chi connectivity index (χ2n) is 12.6. The number of carbonyl (C=O) groups excluding carboxylic acids is 1. The highest BCUT2D eigenvalue weighted by Gasteiger charge is 2.20. The molecule has 244 valence electrons. The van der Waals surface area contributed by atoms with Crippen molar-refractivity contribution in [1.82, 2.24) is 0 Å². The summed E-state index contributed by atoms with van der Waals surface area (Å²) >= 11 is 0. The van der Waals surface area contributed by atoms with Crippen molar-refractivity contribution in [3.05, 3.63) is 66.5 Å². The molecule has 0 radical (unpaired) electrons. The van der Waals surface area contributed by atoms with Crippen molar-refractivity contribution in [2.24, 2.45) is 11.8 Å². The van der Waals surface area contributed by atoms with Crippen molar-refractivity contribution in [3.8, 4) is 17.2 Å². The van der Waals surface area contributed by atoms with E-state index >= 15 is 0 Å². The zero-order chi connectivity index (χ0) is 31.2. The highest BCUT2D eigenvalue weighted by Crippen LogP contribution is 2.34. The van der Waals surface area contributed by atoms with Crippen LogP contribution in [-0.2, 0) is 0 Å². The van der Waals surface area contributed by atoms with Gasteiger partial charge in [0.05, 0.1) is 18.8 Å². The molecule has 1 fully saturated rings. The number of esters is 1. The van der Waals surface area contributed by atoms with Gasteiger partial charge in [0.2, 0.25) is 0 Å². The Balaban J connectivity index is 1.27. The smallest absolute Gasteiger partial charge is 0.343 e. The molecule has 0 saturated heterocycles. The molecule has 0 bridgehead atoms. The largest absolute Gasteiger partial charge is 0.494 e. The number of halogens is 1. The fourth-order valence-corrected chi connectivity index (χ4v) is 6.20. The number of ether oxygens (including phenoxy) is 3. The normalized spacial score (nSPS) is 16.4. The van der Waals surface area contributed by atoms with Gasteiger partial charge >= 0.3 is 5.97 Å². The number of benzene rings is 2. The van der Waals surface area contributed by atoms with Crippen molar-refractivity contribution < 1.29 is 23.4 Å². The van der Waals surface area contributed by atoms with Gasteiger partial charge in [-0.3, -0.25) is 0 Å². The average Bonchev–Trinajstić information content (AvgIpc) is 3.04. The number of hydrogen-bond acceptors (Lipinski definition) is 4. The summed E-state index contributed by atoms with van der Waals surface area (Å²) in [7, 11) is 0. The third kappa shape index (κ3) is 14.3. The molecule has 1 saturated carbocycles. The predicted molar refractivity (Wildman–Crippen MR) is 179 cm³/mol. The molecular weight excluding hydrogens is 551 g/mol. The Morgan fingerprint density at radius 3 is 1.98 bits per heavy atom. The maximum Gasteiger partial charge on any atom is 0.343 e. The first-order chi connectivity index (χ1) is 21.6. The molecule has 0 unspecified atom stereocenters.